The van der Waals surface area contributed by atoms with Gasteiger partial charge in [0.25, 0.3) is 0 Å². The molecular formula is C26H36N2O5S. The molecule has 0 fully saturated rings. The van der Waals surface area contributed by atoms with Gasteiger partial charge >= 0.3 is 0 Å². The van der Waals surface area contributed by atoms with Crippen LogP contribution in [0.15, 0.2) is 48.4 Å². The number of hydrogen-bond donors (Lipinski definition) is 1. The van der Waals surface area contributed by atoms with Crippen LogP contribution < -0.4 is 9.47 Å². The van der Waals surface area contributed by atoms with Gasteiger partial charge in [-0.1, -0.05) is 13.0 Å². The third-order valence-corrected chi connectivity index (χ3v) is 6.79. The highest BCUT2D eigenvalue weighted by molar-refractivity contribution is 7.10. The summed E-state index contributed by atoms with van der Waals surface area (Å²) in [5.74, 6) is 1.56. The first kappa shape index (κ1) is 26.2. The number of amides is 1. The highest BCUT2D eigenvalue weighted by Crippen LogP contribution is 2.34. The van der Waals surface area contributed by atoms with Crippen LogP contribution >= 0.6 is 11.3 Å². The SMILES string of the molecule is C=CCOC[C@@H](O)CN(CCC)CC(=O)N1CCc2sccc2[C@H]1COc1ccc(OC)cc1. The number of hydrogen-bond acceptors (Lipinski definition) is 7. The molecule has 3 rings (SSSR count). The summed E-state index contributed by atoms with van der Waals surface area (Å²) in [6, 6.07) is 9.44. The highest BCUT2D eigenvalue weighted by atomic mass is 32.1. The zero-order valence-electron chi connectivity index (χ0n) is 20.2. The van der Waals surface area contributed by atoms with E-state index in [1.54, 1.807) is 24.5 Å². The molecule has 0 saturated carbocycles. The van der Waals surface area contributed by atoms with Crippen LogP contribution in [-0.4, -0.2) is 80.0 Å². The molecular weight excluding hydrogens is 452 g/mol. The summed E-state index contributed by atoms with van der Waals surface area (Å²) in [7, 11) is 1.63. The number of carbonyl (C=O) groups is 1. The number of fused-ring (bicyclic) bond motifs is 1. The number of aliphatic hydroxyl groups is 1. The summed E-state index contributed by atoms with van der Waals surface area (Å²) >= 11 is 1.73. The van der Waals surface area contributed by atoms with Gasteiger partial charge in [0.15, 0.2) is 0 Å². The molecule has 8 heteroatoms. The lowest BCUT2D eigenvalue weighted by Gasteiger charge is -2.37. The van der Waals surface area contributed by atoms with Gasteiger partial charge in [-0.3, -0.25) is 9.69 Å². The fourth-order valence-corrected chi connectivity index (χ4v) is 5.12. The summed E-state index contributed by atoms with van der Waals surface area (Å²) in [5.41, 5.74) is 1.16. The number of nitrogens with zero attached hydrogens (tertiary/aromatic N) is 2. The molecule has 1 aromatic heterocycles. The molecule has 2 heterocycles. The Morgan fingerprint density at radius 2 is 2.09 bits per heavy atom. The van der Waals surface area contributed by atoms with E-state index >= 15 is 0 Å². The van der Waals surface area contributed by atoms with Gasteiger partial charge in [-0.15, -0.1) is 17.9 Å². The molecule has 0 saturated heterocycles. The van der Waals surface area contributed by atoms with E-state index in [4.69, 9.17) is 14.2 Å². The van der Waals surface area contributed by atoms with E-state index in [1.807, 2.05) is 34.1 Å². The zero-order valence-corrected chi connectivity index (χ0v) is 21.0. The second-order valence-corrected chi connectivity index (χ2v) is 9.35. The summed E-state index contributed by atoms with van der Waals surface area (Å²) in [6.07, 6.45) is 2.75. The molecule has 0 spiro atoms. The van der Waals surface area contributed by atoms with Crippen molar-refractivity contribution in [1.29, 1.82) is 0 Å². The van der Waals surface area contributed by atoms with Crippen LogP contribution in [0.4, 0.5) is 0 Å². The fourth-order valence-electron chi connectivity index (χ4n) is 4.19. The van der Waals surface area contributed by atoms with Crippen molar-refractivity contribution in [2.75, 3.05) is 53.1 Å². The van der Waals surface area contributed by atoms with E-state index in [-0.39, 0.29) is 25.1 Å². The van der Waals surface area contributed by atoms with Crippen molar-refractivity contribution in [2.24, 2.45) is 0 Å². The van der Waals surface area contributed by atoms with Crippen LogP contribution in [0.2, 0.25) is 0 Å². The van der Waals surface area contributed by atoms with Gasteiger partial charge in [0.05, 0.1) is 39.0 Å². The molecule has 34 heavy (non-hydrogen) atoms. The summed E-state index contributed by atoms with van der Waals surface area (Å²) in [6.45, 7) is 8.73. The maximum absolute atomic E-state index is 13.5. The summed E-state index contributed by atoms with van der Waals surface area (Å²) in [4.78, 5) is 18.7. The van der Waals surface area contributed by atoms with E-state index in [9.17, 15) is 9.90 Å². The standard InChI is InChI=1S/C26H36N2O5S/c1-4-12-27(16-20(29)18-32-14-5-2)17-26(30)28-13-10-25-23(11-15-34-25)24(28)19-33-22-8-6-21(31-3)7-9-22/h5-9,11,15,20,24,29H,2,4,10,12-14,16-19H2,1,3H3/t20-,24+/m0/s1. The van der Waals surface area contributed by atoms with Crippen LogP contribution in [-0.2, 0) is 16.0 Å². The van der Waals surface area contributed by atoms with E-state index in [2.05, 4.69) is 24.9 Å². The van der Waals surface area contributed by atoms with E-state index < -0.39 is 6.10 Å². The Kier molecular flexibility index (Phi) is 10.4. The van der Waals surface area contributed by atoms with Crippen molar-refractivity contribution in [3.63, 3.8) is 0 Å². The maximum Gasteiger partial charge on any atom is 0.237 e. The van der Waals surface area contributed by atoms with Gasteiger partial charge in [0.2, 0.25) is 5.91 Å². The topological polar surface area (TPSA) is 71.5 Å². The van der Waals surface area contributed by atoms with Crippen molar-refractivity contribution < 1.29 is 24.1 Å². The lowest BCUT2D eigenvalue weighted by atomic mass is 10.0. The van der Waals surface area contributed by atoms with Gasteiger partial charge < -0.3 is 24.2 Å². The Labute approximate surface area is 206 Å². The summed E-state index contributed by atoms with van der Waals surface area (Å²) < 4.78 is 16.7. The Balaban J connectivity index is 1.66. The second-order valence-electron chi connectivity index (χ2n) is 8.35. The predicted molar refractivity (Wildman–Crippen MR) is 135 cm³/mol. The van der Waals surface area contributed by atoms with E-state index in [1.165, 1.54) is 4.88 Å². The average molecular weight is 489 g/mol. The molecule has 0 aliphatic carbocycles. The number of rotatable bonds is 14. The van der Waals surface area contributed by atoms with Gasteiger partial charge in [-0.2, -0.15) is 0 Å². The van der Waals surface area contributed by atoms with Gasteiger partial charge in [0.1, 0.15) is 18.1 Å². The Morgan fingerprint density at radius 3 is 2.79 bits per heavy atom. The minimum absolute atomic E-state index is 0.0489. The first-order chi connectivity index (χ1) is 16.5. The molecule has 2 atom stereocenters. The van der Waals surface area contributed by atoms with E-state index in [0.717, 1.165) is 36.4 Å². The number of carbonyl (C=O) groups excluding carboxylic acids is 1. The highest BCUT2D eigenvalue weighted by Gasteiger charge is 2.33. The molecule has 7 nitrogen and oxygen atoms in total. The van der Waals surface area contributed by atoms with Crippen LogP contribution in [0.5, 0.6) is 11.5 Å². The molecule has 1 aliphatic heterocycles. The number of benzene rings is 1. The molecule has 186 valence electrons. The largest absolute Gasteiger partial charge is 0.497 e. The molecule has 0 radical (unpaired) electrons. The number of ether oxygens (including phenoxy) is 3. The van der Waals surface area contributed by atoms with Crippen molar-refractivity contribution in [3.8, 4) is 11.5 Å². The monoisotopic (exact) mass is 488 g/mol. The quantitative estimate of drug-likeness (QED) is 0.324. The molecule has 1 aromatic carbocycles. The average Bonchev–Trinajstić information content (AvgIpc) is 3.32. The number of aliphatic hydroxyl groups excluding tert-OH is 1. The molecule has 1 N–H and O–H groups in total. The van der Waals surface area contributed by atoms with Gasteiger partial charge in [-0.25, -0.2) is 0 Å². The Morgan fingerprint density at radius 1 is 1.32 bits per heavy atom. The third kappa shape index (κ3) is 7.30. The molecule has 2 aromatic rings. The van der Waals surface area contributed by atoms with Crippen LogP contribution in [0.1, 0.15) is 29.8 Å². The first-order valence-corrected chi connectivity index (χ1v) is 12.6. The van der Waals surface area contributed by atoms with Crippen molar-refractivity contribution in [1.82, 2.24) is 9.80 Å². The van der Waals surface area contributed by atoms with Crippen LogP contribution in [0.3, 0.4) is 0 Å². The minimum Gasteiger partial charge on any atom is -0.497 e. The van der Waals surface area contributed by atoms with Gasteiger partial charge in [-0.05, 0) is 60.7 Å². The van der Waals surface area contributed by atoms with Crippen LogP contribution in [0, 0.1) is 0 Å². The summed E-state index contributed by atoms with van der Waals surface area (Å²) in [5, 5.41) is 12.4. The second kappa shape index (κ2) is 13.5. The maximum atomic E-state index is 13.5. The fraction of sp³-hybridized carbons (Fsp3) is 0.500. The molecule has 1 aliphatic rings. The van der Waals surface area contributed by atoms with Crippen molar-refractivity contribution >= 4 is 17.2 Å². The van der Waals surface area contributed by atoms with Crippen LogP contribution in [0.25, 0.3) is 0 Å². The van der Waals surface area contributed by atoms with Gasteiger partial charge in [0, 0.05) is 18.0 Å². The smallest absolute Gasteiger partial charge is 0.237 e. The first-order valence-electron chi connectivity index (χ1n) is 11.8. The molecule has 0 bridgehead atoms. The lowest BCUT2D eigenvalue weighted by Crippen LogP contribution is -2.48. The molecule has 0 unspecified atom stereocenters. The Hall–Kier alpha value is -2.39. The predicted octanol–water partition coefficient (Wildman–Crippen LogP) is 3.54. The number of thiophene rings is 1. The lowest BCUT2D eigenvalue weighted by molar-refractivity contribution is -0.136. The van der Waals surface area contributed by atoms with E-state index in [0.29, 0.717) is 26.3 Å². The third-order valence-electron chi connectivity index (χ3n) is 5.80. The van der Waals surface area contributed by atoms with Crippen molar-refractivity contribution in [2.45, 2.75) is 31.9 Å². The number of methoxy groups -OCH3 is 1. The van der Waals surface area contributed by atoms with Crippen molar-refractivity contribution in [3.05, 3.63) is 58.8 Å². The normalized spacial score (nSPS) is 16.2. The Bertz CT molecular complexity index is 901. The molecule has 1 amide bonds. The minimum atomic E-state index is -0.654. The zero-order chi connectivity index (χ0) is 24.3.